The third-order valence-electron chi connectivity index (χ3n) is 2.19. The molecule has 0 atom stereocenters. The van der Waals surface area contributed by atoms with E-state index in [1.54, 1.807) is 23.9 Å². The first-order valence-electron chi connectivity index (χ1n) is 6.18. The summed E-state index contributed by atoms with van der Waals surface area (Å²) in [4.78, 5) is 17.5. The molecule has 0 aliphatic heterocycles. The largest absolute Gasteiger partial charge is 0.445 e. The molecule has 0 bridgehead atoms. The topological polar surface area (TPSA) is 41.9 Å². The smallest absolute Gasteiger partial charge is 0.298 e. The number of rotatable bonds is 5. The van der Waals surface area contributed by atoms with Gasteiger partial charge in [-0.2, -0.15) is 0 Å². The van der Waals surface area contributed by atoms with Gasteiger partial charge in [0, 0.05) is 28.9 Å². The fraction of sp³-hybridized carbons (Fsp3) is 0.385. The van der Waals surface area contributed by atoms with E-state index in [9.17, 15) is 4.79 Å². The third-order valence-corrected chi connectivity index (χ3v) is 4.83. The molecule has 0 unspecified atom stereocenters. The Balaban J connectivity index is 2.54. The number of hydrogen-bond donors (Lipinski definition) is 0. The van der Waals surface area contributed by atoms with Crippen LogP contribution in [0, 0.1) is 0 Å². The molecule has 1 rings (SSSR count). The molecule has 1 aromatic carbocycles. The fourth-order valence-corrected chi connectivity index (χ4v) is 3.73. The lowest BCUT2D eigenvalue weighted by atomic mass is 10.2. The van der Waals surface area contributed by atoms with Crippen molar-refractivity contribution in [2.24, 2.45) is 5.16 Å². The van der Waals surface area contributed by atoms with Crippen molar-refractivity contribution < 1.29 is 9.63 Å². The van der Waals surface area contributed by atoms with Crippen molar-refractivity contribution in [2.45, 2.75) is 26.6 Å². The zero-order valence-corrected chi connectivity index (χ0v) is 17.1. The third kappa shape index (κ3) is 9.17. The molecule has 0 aliphatic carbocycles. The summed E-state index contributed by atoms with van der Waals surface area (Å²) in [5.41, 5.74) is 0. The van der Waals surface area contributed by atoms with Crippen molar-refractivity contribution in [3.63, 3.8) is 0 Å². The van der Waals surface area contributed by atoms with Crippen LogP contribution in [-0.4, -0.2) is 31.5 Å². The number of carbonyl (C=O) groups is 1. The van der Waals surface area contributed by atoms with Crippen molar-refractivity contribution in [3.8, 4) is 0 Å². The van der Waals surface area contributed by atoms with Crippen LogP contribution in [0.4, 0.5) is 4.79 Å². The molecule has 0 N–H and O–H groups in total. The minimum atomic E-state index is -1.65. The van der Waals surface area contributed by atoms with E-state index < -0.39 is 14.0 Å². The van der Waals surface area contributed by atoms with Crippen molar-refractivity contribution in [3.05, 3.63) is 29.3 Å². The van der Waals surface area contributed by atoms with Gasteiger partial charge in [-0.25, -0.2) is 9.10 Å². The average molecular weight is 436 g/mol. The Hall–Kier alpha value is 0.0200. The molecule has 0 aromatic heterocycles. The van der Waals surface area contributed by atoms with E-state index in [4.69, 9.17) is 51.2 Å². The maximum absolute atomic E-state index is 11.7. The first kappa shape index (κ1) is 21.1. The fourth-order valence-electron chi connectivity index (χ4n) is 1.28. The number of halogens is 4. The van der Waals surface area contributed by atoms with Crippen molar-refractivity contribution in [1.82, 2.24) is 4.31 Å². The van der Waals surface area contributed by atoms with Gasteiger partial charge in [-0.05, 0) is 38.1 Å². The van der Waals surface area contributed by atoms with Crippen LogP contribution < -0.4 is 0 Å². The van der Waals surface area contributed by atoms with Gasteiger partial charge in [0.15, 0.2) is 0 Å². The highest BCUT2D eigenvalue weighted by molar-refractivity contribution is 8.03. The molecular formula is C13H14Cl4N2O2S2. The summed E-state index contributed by atoms with van der Waals surface area (Å²) < 4.78 is -1.00. The summed E-state index contributed by atoms with van der Waals surface area (Å²) in [5, 5.41) is 4.37. The highest BCUT2D eigenvalue weighted by Crippen LogP contribution is 2.40. The van der Waals surface area contributed by atoms with Gasteiger partial charge in [0.1, 0.15) is 0 Å². The van der Waals surface area contributed by atoms with Gasteiger partial charge in [0.05, 0.1) is 11.0 Å². The number of hydrogen-bond acceptors (Lipinski definition) is 5. The Morgan fingerprint density at radius 3 is 2.35 bits per heavy atom. The van der Waals surface area contributed by atoms with E-state index in [1.807, 2.05) is 26.0 Å². The summed E-state index contributed by atoms with van der Waals surface area (Å²) in [6.45, 7) is 3.87. The monoisotopic (exact) mass is 434 g/mol. The molecule has 1 aromatic rings. The van der Waals surface area contributed by atoms with Gasteiger partial charge in [0.25, 0.3) is 3.12 Å². The van der Waals surface area contributed by atoms with E-state index in [1.165, 1.54) is 13.3 Å². The molecule has 0 heterocycles. The van der Waals surface area contributed by atoms with Crippen molar-refractivity contribution in [2.75, 3.05) is 7.05 Å². The molecule has 0 saturated heterocycles. The molecular weight excluding hydrogens is 422 g/mol. The predicted molar refractivity (Wildman–Crippen MR) is 102 cm³/mol. The zero-order chi connectivity index (χ0) is 17.7. The van der Waals surface area contributed by atoms with E-state index >= 15 is 0 Å². The van der Waals surface area contributed by atoms with Gasteiger partial charge >= 0.3 is 6.09 Å². The van der Waals surface area contributed by atoms with Crippen LogP contribution in [0.25, 0.3) is 0 Å². The second-order valence-electron chi connectivity index (χ2n) is 4.79. The molecule has 1 amide bonds. The minimum absolute atomic E-state index is 0.394. The quantitative estimate of drug-likeness (QED) is 0.137. The lowest BCUT2D eigenvalue weighted by Gasteiger charge is -2.19. The Morgan fingerprint density at radius 1 is 1.26 bits per heavy atom. The lowest BCUT2D eigenvalue weighted by molar-refractivity contribution is 0.137. The molecule has 0 radical (unpaired) electrons. The first-order valence-corrected chi connectivity index (χ1v) is 9.28. The number of amides is 1. The van der Waals surface area contributed by atoms with Gasteiger partial charge in [-0.3, -0.25) is 4.84 Å². The Bertz CT molecular complexity index is 562. The molecule has 0 spiro atoms. The predicted octanol–water partition coefficient (Wildman–Crippen LogP) is 6.24. The maximum Gasteiger partial charge on any atom is 0.445 e. The van der Waals surface area contributed by atoms with Crippen molar-refractivity contribution >= 4 is 82.4 Å². The molecule has 4 nitrogen and oxygen atoms in total. The molecule has 0 fully saturated rings. The van der Waals surface area contributed by atoms with Crippen LogP contribution in [0.1, 0.15) is 13.8 Å². The van der Waals surface area contributed by atoms with Crippen LogP contribution >= 0.6 is 70.1 Å². The second kappa shape index (κ2) is 8.92. The molecule has 10 heteroatoms. The highest BCUT2D eigenvalue weighted by atomic mass is 35.6. The van der Waals surface area contributed by atoms with Gasteiger partial charge in [0.2, 0.25) is 0 Å². The number of oxime groups is 1. The lowest BCUT2D eigenvalue weighted by Crippen LogP contribution is -2.23. The van der Waals surface area contributed by atoms with E-state index in [2.05, 4.69) is 5.16 Å². The van der Waals surface area contributed by atoms with E-state index in [-0.39, 0.29) is 0 Å². The summed E-state index contributed by atoms with van der Waals surface area (Å²) in [6, 6.07) is 7.42. The number of benzene rings is 1. The van der Waals surface area contributed by atoms with Gasteiger partial charge < -0.3 is 0 Å². The standard InChI is InChI=1S/C13H14Cl4N2O2S2/c1-12(2,22-10-6-4-9(14)5-7-10)8-18-21-11(20)19(3)23-13(15,16)17/h4-8H,1-3H3/b18-8+. The number of carbonyl (C=O) groups excluding carboxylic acids is 1. The summed E-state index contributed by atoms with van der Waals surface area (Å²) in [6.07, 6.45) is 0.780. The Labute approximate surface area is 163 Å². The first-order chi connectivity index (χ1) is 10.5. The van der Waals surface area contributed by atoms with Crippen LogP contribution in [0.3, 0.4) is 0 Å². The van der Waals surface area contributed by atoms with Crippen LogP contribution in [0.2, 0.25) is 5.02 Å². The molecule has 128 valence electrons. The second-order valence-corrected chi connectivity index (χ2v) is 11.2. The maximum atomic E-state index is 11.7. The van der Waals surface area contributed by atoms with Crippen LogP contribution in [0.5, 0.6) is 0 Å². The minimum Gasteiger partial charge on any atom is -0.298 e. The molecule has 0 aliphatic rings. The normalized spacial score (nSPS) is 12.5. The number of nitrogens with zero attached hydrogens (tertiary/aromatic N) is 2. The summed E-state index contributed by atoms with van der Waals surface area (Å²) >= 11 is 24.8. The Morgan fingerprint density at radius 2 is 1.83 bits per heavy atom. The molecule has 0 saturated carbocycles. The van der Waals surface area contributed by atoms with Crippen molar-refractivity contribution in [1.29, 1.82) is 0 Å². The zero-order valence-electron chi connectivity index (χ0n) is 12.4. The van der Waals surface area contributed by atoms with Gasteiger partial charge in [-0.15, -0.1) is 11.8 Å². The summed E-state index contributed by atoms with van der Waals surface area (Å²) in [7, 11) is 1.41. The highest BCUT2D eigenvalue weighted by Gasteiger charge is 2.27. The van der Waals surface area contributed by atoms with Gasteiger partial charge in [-0.1, -0.05) is 51.6 Å². The number of alkyl halides is 3. The van der Waals surface area contributed by atoms with E-state index in [0.717, 1.165) is 9.20 Å². The SMILES string of the molecule is CN(SC(Cl)(Cl)Cl)C(=O)O/N=C/C(C)(C)Sc1ccc(Cl)cc1. The van der Waals surface area contributed by atoms with Crippen LogP contribution in [-0.2, 0) is 4.84 Å². The molecule has 23 heavy (non-hydrogen) atoms. The Kier molecular flexibility index (Phi) is 8.17. The van der Waals surface area contributed by atoms with E-state index in [0.29, 0.717) is 17.0 Å². The van der Waals surface area contributed by atoms with Crippen LogP contribution in [0.15, 0.2) is 34.3 Å². The number of thioether (sulfide) groups is 1. The average Bonchev–Trinajstić information content (AvgIpc) is 2.39. The summed E-state index contributed by atoms with van der Waals surface area (Å²) in [5.74, 6) is 0.